The third-order valence-corrected chi connectivity index (χ3v) is 2.05. The number of nitrogens with one attached hydrogen (secondary N) is 1. The van der Waals surface area contributed by atoms with Gasteiger partial charge in [-0.05, 0) is 23.8 Å². The van der Waals surface area contributed by atoms with E-state index in [1.54, 1.807) is 24.3 Å². The quantitative estimate of drug-likeness (QED) is 0.873. The third-order valence-electron chi connectivity index (χ3n) is 1.83. The van der Waals surface area contributed by atoms with Gasteiger partial charge in [0.25, 0.3) is 0 Å². The minimum Gasteiger partial charge on any atom is -0.353 e. The van der Waals surface area contributed by atoms with Crippen LogP contribution in [0, 0.1) is 11.3 Å². The van der Waals surface area contributed by atoms with Gasteiger partial charge in [-0.15, -0.1) is 0 Å². The van der Waals surface area contributed by atoms with Crippen LogP contribution in [0.3, 0.4) is 0 Å². The molecule has 0 unspecified atom stereocenters. The molecule has 1 amide bonds. The molecule has 0 saturated carbocycles. The highest BCUT2D eigenvalue weighted by Gasteiger charge is 1.96. The number of hydrogen-bond acceptors (Lipinski definition) is 2. The molecule has 4 heteroatoms. The Kier molecular flexibility index (Phi) is 4.56. The number of carbonyl (C=O) groups excluding carboxylic acids is 1. The van der Waals surface area contributed by atoms with Crippen LogP contribution in [-0.4, -0.2) is 12.5 Å². The number of halogens is 1. The fourth-order valence-corrected chi connectivity index (χ4v) is 1.41. The van der Waals surface area contributed by atoms with Gasteiger partial charge >= 0.3 is 0 Å². The van der Waals surface area contributed by atoms with E-state index in [4.69, 9.17) is 16.9 Å². The monoisotopic (exact) mass is 234 g/mol. The highest BCUT2D eigenvalue weighted by molar-refractivity contribution is 6.30. The van der Waals surface area contributed by atoms with Gasteiger partial charge in [0.2, 0.25) is 5.91 Å². The lowest BCUT2D eigenvalue weighted by molar-refractivity contribution is -0.118. The molecule has 1 aromatic rings. The van der Waals surface area contributed by atoms with Gasteiger partial charge in [-0.2, -0.15) is 5.26 Å². The second-order valence-corrected chi connectivity index (χ2v) is 3.66. The first kappa shape index (κ1) is 12.3. The maximum atomic E-state index is 10.6. The van der Waals surface area contributed by atoms with Crippen LogP contribution in [-0.2, 0) is 4.79 Å². The summed E-state index contributed by atoms with van der Waals surface area (Å²) in [6.07, 6.45) is 3.61. The molecule has 0 atom stereocenters. The van der Waals surface area contributed by atoms with Crippen molar-refractivity contribution in [2.24, 2.45) is 0 Å². The van der Waals surface area contributed by atoms with Crippen molar-refractivity contribution in [2.75, 3.05) is 6.54 Å². The zero-order valence-corrected chi connectivity index (χ0v) is 9.58. The van der Waals surface area contributed by atoms with Crippen molar-refractivity contribution >= 4 is 23.6 Å². The van der Waals surface area contributed by atoms with Crippen molar-refractivity contribution in [2.45, 2.75) is 6.92 Å². The Morgan fingerprint density at radius 2 is 2.31 bits per heavy atom. The Labute approximate surface area is 99.3 Å². The van der Waals surface area contributed by atoms with E-state index in [9.17, 15) is 4.79 Å². The highest BCUT2D eigenvalue weighted by atomic mass is 35.5. The molecule has 0 aliphatic heterocycles. The summed E-state index contributed by atoms with van der Waals surface area (Å²) in [6.45, 7) is 1.92. The fourth-order valence-electron chi connectivity index (χ4n) is 1.17. The molecule has 82 valence electrons. The maximum absolute atomic E-state index is 10.6. The minimum atomic E-state index is -0.0755. The average Bonchev–Trinajstić information content (AvgIpc) is 2.23. The van der Waals surface area contributed by atoms with Crippen molar-refractivity contribution in [1.29, 1.82) is 5.26 Å². The number of benzene rings is 1. The van der Waals surface area contributed by atoms with E-state index in [1.807, 2.05) is 12.1 Å². The van der Waals surface area contributed by atoms with E-state index in [0.29, 0.717) is 17.1 Å². The molecule has 0 aliphatic carbocycles. The van der Waals surface area contributed by atoms with Crippen LogP contribution in [0.2, 0.25) is 5.02 Å². The Hall–Kier alpha value is -1.79. The number of nitrogens with zero attached hydrogens (tertiary/aromatic N) is 1. The van der Waals surface area contributed by atoms with E-state index < -0.39 is 0 Å². The van der Waals surface area contributed by atoms with Crippen LogP contribution >= 0.6 is 11.6 Å². The van der Waals surface area contributed by atoms with Crippen LogP contribution in [0.4, 0.5) is 0 Å². The Bertz CT molecular complexity index is 461. The molecule has 0 fully saturated rings. The molecule has 0 spiro atoms. The van der Waals surface area contributed by atoms with Crippen molar-refractivity contribution in [3.8, 4) is 6.07 Å². The predicted octanol–water partition coefficient (Wildman–Crippen LogP) is 2.36. The molecular weight excluding hydrogens is 224 g/mol. The largest absolute Gasteiger partial charge is 0.353 e. The molecule has 1 rings (SSSR count). The van der Waals surface area contributed by atoms with Crippen molar-refractivity contribution < 1.29 is 4.79 Å². The van der Waals surface area contributed by atoms with Gasteiger partial charge in [0.05, 0.1) is 11.6 Å². The summed E-state index contributed by atoms with van der Waals surface area (Å²) in [5.74, 6) is -0.0755. The molecule has 0 heterocycles. The van der Waals surface area contributed by atoms with Crippen molar-refractivity contribution in [3.63, 3.8) is 0 Å². The lowest BCUT2D eigenvalue weighted by Gasteiger charge is -1.98. The SMILES string of the molecule is CC(=O)NCC=Cc1cc(Cl)cc(C#N)c1. The van der Waals surface area contributed by atoms with Crippen LogP contribution in [0.25, 0.3) is 6.08 Å². The molecule has 1 N–H and O–H groups in total. The Balaban J connectivity index is 2.70. The summed E-state index contributed by atoms with van der Waals surface area (Å²) in [7, 11) is 0. The van der Waals surface area contributed by atoms with Crippen molar-refractivity contribution in [3.05, 3.63) is 40.4 Å². The van der Waals surface area contributed by atoms with Crippen LogP contribution in [0.5, 0.6) is 0 Å². The average molecular weight is 235 g/mol. The zero-order chi connectivity index (χ0) is 12.0. The minimum absolute atomic E-state index is 0.0755. The first-order chi connectivity index (χ1) is 7.61. The Morgan fingerprint density at radius 3 is 2.94 bits per heavy atom. The molecule has 0 saturated heterocycles. The van der Waals surface area contributed by atoms with Gasteiger partial charge in [0.15, 0.2) is 0 Å². The molecule has 0 bridgehead atoms. The third kappa shape index (κ3) is 4.16. The second-order valence-electron chi connectivity index (χ2n) is 3.22. The first-order valence-corrected chi connectivity index (χ1v) is 5.11. The second kappa shape index (κ2) is 5.94. The number of rotatable bonds is 3. The van der Waals surface area contributed by atoms with Gasteiger partial charge in [-0.3, -0.25) is 4.79 Å². The van der Waals surface area contributed by atoms with Gasteiger partial charge in [0, 0.05) is 18.5 Å². The topological polar surface area (TPSA) is 52.9 Å². The molecule has 1 aromatic carbocycles. The summed E-state index contributed by atoms with van der Waals surface area (Å²) in [5.41, 5.74) is 1.36. The number of amides is 1. The Morgan fingerprint density at radius 1 is 1.56 bits per heavy atom. The normalized spacial score (nSPS) is 10.1. The van der Waals surface area contributed by atoms with E-state index in [1.165, 1.54) is 6.92 Å². The first-order valence-electron chi connectivity index (χ1n) is 4.73. The van der Waals surface area contributed by atoms with E-state index in [-0.39, 0.29) is 5.91 Å². The number of hydrogen-bond donors (Lipinski definition) is 1. The lowest BCUT2D eigenvalue weighted by Crippen LogP contribution is -2.19. The summed E-state index contributed by atoms with van der Waals surface area (Å²) in [6, 6.07) is 7.12. The standard InChI is InChI=1S/C12H11ClN2O/c1-9(16)15-4-2-3-10-5-11(8-14)7-12(13)6-10/h2-3,5-7H,4H2,1H3,(H,15,16). The van der Waals surface area contributed by atoms with Crippen molar-refractivity contribution in [1.82, 2.24) is 5.32 Å². The summed E-state index contributed by atoms with van der Waals surface area (Å²) >= 11 is 5.84. The molecule has 3 nitrogen and oxygen atoms in total. The zero-order valence-electron chi connectivity index (χ0n) is 8.83. The van der Waals surface area contributed by atoms with Crippen LogP contribution in [0.1, 0.15) is 18.1 Å². The molecule has 0 aromatic heterocycles. The molecule has 16 heavy (non-hydrogen) atoms. The molecule has 0 radical (unpaired) electrons. The van der Waals surface area contributed by atoms with Gasteiger partial charge in [-0.25, -0.2) is 0 Å². The van der Waals surface area contributed by atoms with Gasteiger partial charge in [-0.1, -0.05) is 23.8 Å². The summed E-state index contributed by atoms with van der Waals surface area (Å²) in [4.78, 5) is 10.6. The number of nitriles is 1. The highest BCUT2D eigenvalue weighted by Crippen LogP contribution is 2.15. The van der Waals surface area contributed by atoms with Gasteiger partial charge in [0.1, 0.15) is 0 Å². The predicted molar refractivity (Wildman–Crippen MR) is 63.9 cm³/mol. The van der Waals surface area contributed by atoms with E-state index in [2.05, 4.69) is 5.32 Å². The van der Waals surface area contributed by atoms with Gasteiger partial charge < -0.3 is 5.32 Å². The smallest absolute Gasteiger partial charge is 0.217 e. The van der Waals surface area contributed by atoms with E-state index in [0.717, 1.165) is 5.56 Å². The molecule has 0 aliphatic rings. The summed E-state index contributed by atoms with van der Waals surface area (Å²) < 4.78 is 0. The maximum Gasteiger partial charge on any atom is 0.217 e. The van der Waals surface area contributed by atoms with E-state index >= 15 is 0 Å². The fraction of sp³-hybridized carbons (Fsp3) is 0.167. The lowest BCUT2D eigenvalue weighted by atomic mass is 10.1. The summed E-state index contributed by atoms with van der Waals surface area (Å²) in [5, 5.41) is 11.9. The van der Waals surface area contributed by atoms with Crippen LogP contribution < -0.4 is 5.32 Å². The molecular formula is C12H11ClN2O. The van der Waals surface area contributed by atoms with Crippen LogP contribution in [0.15, 0.2) is 24.3 Å². The number of carbonyl (C=O) groups is 1.